The molecule has 2 heterocycles. The van der Waals surface area contributed by atoms with Gasteiger partial charge in [0.05, 0.1) is 69.3 Å². The van der Waals surface area contributed by atoms with Crippen molar-refractivity contribution in [3.8, 4) is 0 Å². The van der Waals surface area contributed by atoms with Crippen LogP contribution in [-0.2, 0) is 47.7 Å². The van der Waals surface area contributed by atoms with Crippen molar-refractivity contribution in [1.29, 1.82) is 0 Å². The standard InChI is InChI=1S/C45H78N2O13S6/c48-37(19-15-13-11-9-7-5-3-1-2-4-6-8-10-12-14-16-21-41(51)52)35-36(42(53)54)22-23-39(49)47-26-28-58-30-32-60-34-33-59-31-29-57-27-24-40(50)46-25-18-17-20-38(43(55)56)44-61-63-45(64-62-44)65-66-45/h36,38,44H,1-35H2,(H,46,50)(H,47,49)(H,51,52)(H,53,54)(H,55,56)/t36-,38+/m1/s1. The van der Waals surface area contributed by atoms with Crippen LogP contribution in [-0.4, -0.2) is 124 Å². The number of ether oxygens (including phenoxy) is 4. The maximum absolute atomic E-state index is 12.5. The van der Waals surface area contributed by atoms with E-state index in [1.807, 2.05) is 21.6 Å². The van der Waals surface area contributed by atoms with Gasteiger partial charge in [-0.15, -0.1) is 0 Å². The van der Waals surface area contributed by atoms with E-state index in [4.69, 9.17) is 24.1 Å². The molecule has 1 spiro atoms. The molecule has 15 nitrogen and oxygen atoms in total. The summed E-state index contributed by atoms with van der Waals surface area (Å²) in [5, 5.41) is 33.6. The molecule has 0 unspecified atom stereocenters. The number of carbonyl (C=O) groups excluding carboxylic acids is 3. The quantitative estimate of drug-likeness (QED) is 0.0217. The Balaban J connectivity index is 1.29. The van der Waals surface area contributed by atoms with Gasteiger partial charge < -0.3 is 44.9 Å². The predicted octanol–water partition coefficient (Wildman–Crippen LogP) is 10.2. The number of ketones is 1. The number of aliphatic carboxylic acids is 3. The highest BCUT2D eigenvalue weighted by Crippen LogP contribution is 2.84. The van der Waals surface area contributed by atoms with Crippen LogP contribution >= 0.6 is 64.8 Å². The fourth-order valence-electron chi connectivity index (χ4n) is 6.99. The third kappa shape index (κ3) is 34.3. The maximum atomic E-state index is 12.5. The first-order valence-electron chi connectivity index (χ1n) is 24.1. The third-order valence-electron chi connectivity index (χ3n) is 10.9. The van der Waals surface area contributed by atoms with Gasteiger partial charge in [-0.05, 0) is 53.7 Å². The number of carboxylic acid groups (broad SMARTS) is 3. The largest absolute Gasteiger partial charge is 0.481 e. The zero-order valence-corrected chi connectivity index (χ0v) is 43.8. The molecule has 0 aliphatic carbocycles. The van der Waals surface area contributed by atoms with E-state index < -0.39 is 29.7 Å². The van der Waals surface area contributed by atoms with Gasteiger partial charge in [0.2, 0.25) is 11.8 Å². The lowest BCUT2D eigenvalue weighted by atomic mass is 9.94. The molecule has 66 heavy (non-hydrogen) atoms. The Labute approximate surface area is 417 Å². The number of Topliss-reactive ketones (excluding diaryl/α,β-unsaturated/α-hetero) is 1. The number of carboxylic acids is 3. The molecule has 2 amide bonds. The lowest BCUT2D eigenvalue weighted by Gasteiger charge is -2.27. The molecule has 2 saturated heterocycles. The van der Waals surface area contributed by atoms with Crippen molar-refractivity contribution in [3.05, 3.63) is 0 Å². The molecule has 0 bridgehead atoms. The Bertz CT molecular complexity index is 1340. The summed E-state index contributed by atoms with van der Waals surface area (Å²) in [4.78, 5) is 70.9. The first-order chi connectivity index (χ1) is 32.0. The van der Waals surface area contributed by atoms with Crippen LogP contribution in [0.4, 0.5) is 0 Å². The lowest BCUT2D eigenvalue weighted by Crippen LogP contribution is -2.29. The summed E-state index contributed by atoms with van der Waals surface area (Å²) in [7, 11) is 10.5. The third-order valence-corrected chi connectivity index (χ3v) is 24.8. The molecule has 5 N–H and O–H groups in total. The van der Waals surface area contributed by atoms with Crippen LogP contribution in [0.1, 0.15) is 161 Å². The van der Waals surface area contributed by atoms with E-state index in [-0.39, 0.29) is 76.8 Å². The van der Waals surface area contributed by atoms with E-state index in [0.29, 0.717) is 59.0 Å². The van der Waals surface area contributed by atoms with Gasteiger partial charge in [0, 0.05) is 45.2 Å². The van der Waals surface area contributed by atoms with Gasteiger partial charge in [-0.2, -0.15) is 0 Å². The maximum Gasteiger partial charge on any atom is 0.308 e. The average molecular weight is 1050 g/mol. The van der Waals surface area contributed by atoms with Crippen LogP contribution in [0.2, 0.25) is 0 Å². The average Bonchev–Trinajstić information content (AvgIpc) is 4.05. The van der Waals surface area contributed by atoms with Gasteiger partial charge in [0.25, 0.3) is 0 Å². The van der Waals surface area contributed by atoms with Crippen molar-refractivity contribution in [1.82, 2.24) is 10.6 Å². The highest BCUT2D eigenvalue weighted by atomic mass is 33.2. The number of carbonyl (C=O) groups is 6. The Morgan fingerprint density at radius 2 is 0.909 bits per heavy atom. The molecule has 0 aromatic heterocycles. The van der Waals surface area contributed by atoms with Crippen LogP contribution < -0.4 is 10.6 Å². The van der Waals surface area contributed by atoms with Crippen LogP contribution in [0.5, 0.6) is 0 Å². The highest BCUT2D eigenvalue weighted by Gasteiger charge is 2.53. The molecule has 382 valence electrons. The summed E-state index contributed by atoms with van der Waals surface area (Å²) in [5.74, 6) is -4.21. The zero-order chi connectivity index (χ0) is 47.9. The summed E-state index contributed by atoms with van der Waals surface area (Å²) < 4.78 is 22.1. The van der Waals surface area contributed by atoms with Crippen LogP contribution in [0.25, 0.3) is 0 Å². The van der Waals surface area contributed by atoms with E-state index in [9.17, 15) is 39.0 Å². The summed E-state index contributed by atoms with van der Waals surface area (Å²) >= 11 is 0. The molecule has 2 aliphatic heterocycles. The van der Waals surface area contributed by atoms with E-state index in [1.165, 1.54) is 57.8 Å². The van der Waals surface area contributed by atoms with Crippen LogP contribution in [0.15, 0.2) is 0 Å². The number of hydrogen-bond acceptors (Lipinski definition) is 16. The first kappa shape index (κ1) is 61.1. The second kappa shape index (κ2) is 40.7. The highest BCUT2D eigenvalue weighted by molar-refractivity contribution is 9.14. The summed E-state index contributed by atoms with van der Waals surface area (Å²) in [5.41, 5.74) is 0. The molecule has 2 fully saturated rings. The van der Waals surface area contributed by atoms with Gasteiger partial charge in [-0.3, -0.25) is 28.8 Å². The first-order valence-corrected chi connectivity index (χ1v) is 30.7. The number of amides is 2. The van der Waals surface area contributed by atoms with Gasteiger partial charge in [0.15, 0.2) is 2.74 Å². The van der Waals surface area contributed by atoms with Crippen molar-refractivity contribution >= 4 is 100 Å². The van der Waals surface area contributed by atoms with Crippen LogP contribution in [0, 0.1) is 11.8 Å². The molecular formula is C45H78N2O13S6. The summed E-state index contributed by atoms with van der Waals surface area (Å²) in [6.45, 7) is 3.55. The van der Waals surface area contributed by atoms with Gasteiger partial charge in [0.1, 0.15) is 5.78 Å². The van der Waals surface area contributed by atoms with Gasteiger partial charge in [-0.25, -0.2) is 0 Å². The predicted molar refractivity (Wildman–Crippen MR) is 272 cm³/mol. The van der Waals surface area contributed by atoms with Gasteiger partial charge >= 0.3 is 17.9 Å². The minimum Gasteiger partial charge on any atom is -0.481 e. The monoisotopic (exact) mass is 1050 g/mol. The molecule has 21 heteroatoms. The molecule has 2 rings (SSSR count). The number of rotatable bonds is 47. The summed E-state index contributed by atoms with van der Waals surface area (Å²) in [6, 6.07) is 0. The SMILES string of the molecule is O=C(O)CCCCCCCCCCCCCCCCCCC(=O)C[C@@H](CCC(=O)NCCOCCOCCOCCOCCC(=O)NCCCC[C@@H](C(=O)O)C1SSC2(SS1)SS2)C(=O)O. The fraction of sp³-hybridized carbons (Fsp3) is 0.867. The van der Waals surface area contributed by atoms with Gasteiger partial charge in [-0.1, -0.05) is 139 Å². The normalized spacial score (nSPS) is 15.3. The van der Waals surface area contributed by atoms with E-state index >= 15 is 0 Å². The van der Waals surface area contributed by atoms with Crippen molar-refractivity contribution in [3.63, 3.8) is 0 Å². The van der Waals surface area contributed by atoms with E-state index in [1.54, 1.807) is 43.2 Å². The second-order valence-electron chi connectivity index (χ2n) is 16.6. The number of hydrogen-bond donors (Lipinski definition) is 5. The molecule has 2 aliphatic rings. The zero-order valence-electron chi connectivity index (χ0n) is 38.9. The summed E-state index contributed by atoms with van der Waals surface area (Å²) in [6.07, 6.45) is 21.3. The molecule has 0 aromatic rings. The molecular weight excluding hydrogens is 969 g/mol. The molecule has 0 radical (unpaired) electrons. The smallest absolute Gasteiger partial charge is 0.308 e. The molecule has 0 saturated carbocycles. The van der Waals surface area contributed by atoms with Crippen molar-refractivity contribution in [2.24, 2.45) is 11.8 Å². The Hall–Kier alpha value is -1.04. The topological polar surface area (TPSA) is 224 Å². The Morgan fingerprint density at radius 1 is 0.455 bits per heavy atom. The Morgan fingerprint density at radius 3 is 1.39 bits per heavy atom. The van der Waals surface area contributed by atoms with Crippen molar-refractivity contribution in [2.45, 2.75) is 168 Å². The minimum atomic E-state index is -1.05. The lowest BCUT2D eigenvalue weighted by molar-refractivity contribution is -0.144. The second-order valence-corrected chi connectivity index (χ2v) is 26.1. The molecule has 2 atom stereocenters. The van der Waals surface area contributed by atoms with E-state index in [0.717, 1.165) is 57.8 Å². The minimum absolute atomic E-state index is 0.0259. The number of nitrogens with one attached hydrogen (secondary N) is 2. The fourth-order valence-corrected chi connectivity index (χ4v) is 20.8. The number of unbranched alkanes of at least 4 members (excludes halogenated alkanes) is 16. The Kier molecular flexibility index (Phi) is 37.6. The van der Waals surface area contributed by atoms with Crippen molar-refractivity contribution < 1.29 is 63.0 Å². The van der Waals surface area contributed by atoms with Crippen LogP contribution in [0.3, 0.4) is 0 Å². The van der Waals surface area contributed by atoms with E-state index in [2.05, 4.69) is 10.6 Å². The van der Waals surface area contributed by atoms with Crippen molar-refractivity contribution in [2.75, 3.05) is 65.9 Å². The molecule has 0 aromatic carbocycles.